The first-order valence-corrected chi connectivity index (χ1v) is 8.60. The van der Waals surface area contributed by atoms with Gasteiger partial charge in [0.15, 0.2) is 0 Å². The molecule has 25 heavy (non-hydrogen) atoms. The van der Waals surface area contributed by atoms with E-state index in [4.69, 9.17) is 4.74 Å². The number of carbonyl (C=O) groups excluding carboxylic acids is 1. The maximum atomic E-state index is 12.6. The van der Waals surface area contributed by atoms with Gasteiger partial charge in [0.1, 0.15) is 5.75 Å². The average molecular weight is 338 g/mol. The summed E-state index contributed by atoms with van der Waals surface area (Å²) < 4.78 is 7.13. The van der Waals surface area contributed by atoms with Gasteiger partial charge in [0.2, 0.25) is 5.91 Å². The summed E-state index contributed by atoms with van der Waals surface area (Å²) in [7, 11) is 3.57. The molecule has 6 nitrogen and oxygen atoms in total. The Kier molecular flexibility index (Phi) is 3.95. The minimum atomic E-state index is 0.0328. The normalized spacial score (nSPS) is 16.6. The van der Waals surface area contributed by atoms with E-state index in [2.05, 4.69) is 15.4 Å². The first-order valence-electron chi connectivity index (χ1n) is 8.60. The Labute approximate surface area is 146 Å². The maximum Gasteiger partial charge on any atom is 0.224 e. The number of aromatic nitrogens is 3. The van der Waals surface area contributed by atoms with Crippen molar-refractivity contribution < 1.29 is 9.53 Å². The highest BCUT2D eigenvalue weighted by Gasteiger charge is 2.24. The fourth-order valence-electron chi connectivity index (χ4n) is 3.67. The molecule has 1 amide bonds. The second-order valence-electron chi connectivity index (χ2n) is 6.62. The van der Waals surface area contributed by atoms with Crippen LogP contribution in [0.4, 0.5) is 0 Å². The van der Waals surface area contributed by atoms with E-state index in [-0.39, 0.29) is 11.9 Å². The third kappa shape index (κ3) is 2.99. The molecule has 1 aromatic carbocycles. The molecule has 0 saturated heterocycles. The van der Waals surface area contributed by atoms with E-state index in [1.54, 1.807) is 7.11 Å². The van der Waals surface area contributed by atoms with Gasteiger partial charge in [-0.1, -0.05) is 0 Å². The van der Waals surface area contributed by atoms with Gasteiger partial charge in [-0.05, 0) is 43.0 Å². The minimum Gasteiger partial charge on any atom is -0.497 e. The van der Waals surface area contributed by atoms with Crippen LogP contribution < -0.4 is 10.1 Å². The molecule has 3 aromatic rings. The average Bonchev–Trinajstić information content (AvgIpc) is 3.18. The standard InChI is InChI=1S/C19H22N4O2/c1-23-11-15-17(4-3-5-18(15)22-23)21-19(24)8-12-10-20-16-7-6-13(25-2)9-14(12)16/h6-7,9-11,17,20H,3-5,8H2,1-2H3,(H,21,24). The van der Waals surface area contributed by atoms with Crippen LogP contribution in [0.2, 0.25) is 0 Å². The van der Waals surface area contributed by atoms with Crippen molar-refractivity contribution in [1.29, 1.82) is 0 Å². The lowest BCUT2D eigenvalue weighted by atomic mass is 9.93. The van der Waals surface area contributed by atoms with Gasteiger partial charge in [0.05, 0.1) is 25.3 Å². The Balaban J connectivity index is 1.51. The Hall–Kier alpha value is -2.76. The molecular weight excluding hydrogens is 316 g/mol. The summed E-state index contributed by atoms with van der Waals surface area (Å²) in [5, 5.41) is 8.70. The fourth-order valence-corrected chi connectivity index (χ4v) is 3.67. The number of nitrogens with zero attached hydrogens (tertiary/aromatic N) is 2. The van der Waals surface area contributed by atoms with Crippen LogP contribution in [-0.2, 0) is 24.7 Å². The van der Waals surface area contributed by atoms with Crippen LogP contribution in [0.1, 0.15) is 35.7 Å². The highest BCUT2D eigenvalue weighted by molar-refractivity contribution is 5.89. The van der Waals surface area contributed by atoms with Crippen molar-refractivity contribution in [1.82, 2.24) is 20.1 Å². The number of aryl methyl sites for hydroxylation is 2. The lowest BCUT2D eigenvalue weighted by Crippen LogP contribution is -2.31. The zero-order valence-corrected chi connectivity index (χ0v) is 14.5. The van der Waals surface area contributed by atoms with E-state index >= 15 is 0 Å². The molecule has 1 unspecified atom stereocenters. The van der Waals surface area contributed by atoms with Crippen molar-refractivity contribution in [2.45, 2.75) is 31.7 Å². The van der Waals surface area contributed by atoms with Crippen LogP contribution in [0.15, 0.2) is 30.6 Å². The lowest BCUT2D eigenvalue weighted by molar-refractivity contribution is -0.121. The number of rotatable bonds is 4. The van der Waals surface area contributed by atoms with Crippen LogP contribution >= 0.6 is 0 Å². The van der Waals surface area contributed by atoms with Gasteiger partial charge in [-0.3, -0.25) is 9.48 Å². The summed E-state index contributed by atoms with van der Waals surface area (Å²) in [5.41, 5.74) is 4.25. The number of hydrogen-bond donors (Lipinski definition) is 2. The number of methoxy groups -OCH3 is 1. The molecule has 4 rings (SSSR count). The number of fused-ring (bicyclic) bond motifs is 2. The largest absolute Gasteiger partial charge is 0.497 e. The summed E-state index contributed by atoms with van der Waals surface area (Å²) in [4.78, 5) is 15.8. The number of nitrogens with one attached hydrogen (secondary N) is 2. The van der Waals surface area contributed by atoms with E-state index < -0.39 is 0 Å². The molecule has 0 fully saturated rings. The summed E-state index contributed by atoms with van der Waals surface area (Å²) in [6.45, 7) is 0. The van der Waals surface area contributed by atoms with Gasteiger partial charge in [-0.2, -0.15) is 5.10 Å². The first kappa shape index (κ1) is 15.7. The number of H-pyrrole nitrogens is 1. The zero-order chi connectivity index (χ0) is 17.4. The summed E-state index contributed by atoms with van der Waals surface area (Å²) >= 11 is 0. The maximum absolute atomic E-state index is 12.6. The van der Waals surface area contributed by atoms with E-state index in [0.29, 0.717) is 6.42 Å². The Bertz CT molecular complexity index is 925. The van der Waals surface area contributed by atoms with Crippen molar-refractivity contribution in [2.24, 2.45) is 7.05 Å². The molecule has 1 atom stereocenters. The molecule has 2 N–H and O–H groups in total. The third-order valence-corrected chi connectivity index (χ3v) is 4.88. The van der Waals surface area contributed by atoms with Gasteiger partial charge in [-0.15, -0.1) is 0 Å². The predicted octanol–water partition coefficient (Wildman–Crippen LogP) is 2.65. The van der Waals surface area contributed by atoms with Gasteiger partial charge >= 0.3 is 0 Å². The molecule has 0 aliphatic heterocycles. The second kappa shape index (κ2) is 6.27. The molecule has 130 valence electrons. The molecule has 1 aliphatic rings. The monoisotopic (exact) mass is 338 g/mol. The van der Waals surface area contributed by atoms with E-state index in [1.807, 2.05) is 42.3 Å². The van der Waals surface area contributed by atoms with Gasteiger partial charge < -0.3 is 15.0 Å². The molecule has 6 heteroatoms. The molecule has 2 heterocycles. The van der Waals surface area contributed by atoms with Crippen LogP contribution in [0, 0.1) is 0 Å². The number of aromatic amines is 1. The van der Waals surface area contributed by atoms with Crippen LogP contribution in [0.25, 0.3) is 10.9 Å². The molecule has 0 spiro atoms. The molecule has 0 radical (unpaired) electrons. The van der Waals surface area contributed by atoms with Gasteiger partial charge in [0, 0.05) is 35.9 Å². The quantitative estimate of drug-likeness (QED) is 0.768. The molecule has 1 aliphatic carbocycles. The molecule has 2 aromatic heterocycles. The van der Waals surface area contributed by atoms with E-state index in [0.717, 1.165) is 52.7 Å². The Morgan fingerprint density at radius 3 is 3.20 bits per heavy atom. The Morgan fingerprint density at radius 1 is 1.48 bits per heavy atom. The van der Waals surface area contributed by atoms with Crippen molar-refractivity contribution in [3.63, 3.8) is 0 Å². The topological polar surface area (TPSA) is 71.9 Å². The molecule has 0 saturated carbocycles. The van der Waals surface area contributed by atoms with Crippen molar-refractivity contribution in [3.05, 3.63) is 47.4 Å². The minimum absolute atomic E-state index is 0.0328. The number of benzene rings is 1. The van der Waals surface area contributed by atoms with Gasteiger partial charge in [0.25, 0.3) is 0 Å². The van der Waals surface area contributed by atoms with Crippen LogP contribution in [-0.4, -0.2) is 27.8 Å². The van der Waals surface area contributed by atoms with E-state index in [9.17, 15) is 4.79 Å². The van der Waals surface area contributed by atoms with Crippen molar-refractivity contribution >= 4 is 16.8 Å². The van der Waals surface area contributed by atoms with Gasteiger partial charge in [-0.25, -0.2) is 0 Å². The SMILES string of the molecule is COc1ccc2[nH]cc(CC(=O)NC3CCCc4nn(C)cc43)c2c1. The predicted molar refractivity (Wildman–Crippen MR) is 95.6 cm³/mol. The second-order valence-corrected chi connectivity index (χ2v) is 6.62. The highest BCUT2D eigenvalue weighted by Crippen LogP contribution is 2.29. The number of amides is 1. The fraction of sp³-hybridized carbons (Fsp3) is 0.368. The van der Waals surface area contributed by atoms with Crippen molar-refractivity contribution in [2.75, 3.05) is 7.11 Å². The highest BCUT2D eigenvalue weighted by atomic mass is 16.5. The molecular formula is C19H22N4O2. The third-order valence-electron chi connectivity index (χ3n) is 4.88. The van der Waals surface area contributed by atoms with Crippen LogP contribution in [0.3, 0.4) is 0 Å². The number of carbonyl (C=O) groups is 1. The van der Waals surface area contributed by atoms with Crippen LogP contribution in [0.5, 0.6) is 5.75 Å². The molecule has 0 bridgehead atoms. The van der Waals surface area contributed by atoms with E-state index in [1.165, 1.54) is 0 Å². The summed E-state index contributed by atoms with van der Waals surface area (Å²) in [6.07, 6.45) is 7.28. The number of ether oxygens (including phenoxy) is 1. The van der Waals surface area contributed by atoms with Crippen molar-refractivity contribution in [3.8, 4) is 5.75 Å². The number of hydrogen-bond acceptors (Lipinski definition) is 3. The Morgan fingerprint density at radius 2 is 2.36 bits per heavy atom. The zero-order valence-electron chi connectivity index (χ0n) is 14.5. The smallest absolute Gasteiger partial charge is 0.224 e. The lowest BCUT2D eigenvalue weighted by Gasteiger charge is -2.22. The first-order chi connectivity index (χ1) is 12.1. The summed E-state index contributed by atoms with van der Waals surface area (Å²) in [5.74, 6) is 0.825. The summed E-state index contributed by atoms with van der Waals surface area (Å²) in [6, 6.07) is 5.91.